The standard InChI is InChI=1S/C15H26N2O2S/c1-5-13(12(4)16-6-2)14-10-8-9-11-15(14)20(18,19)17-7-3/h8-13,16-17H,5-7H2,1-4H3. The van der Waals surface area contributed by atoms with Gasteiger partial charge in [-0.1, -0.05) is 39.0 Å². The molecule has 0 saturated carbocycles. The minimum absolute atomic E-state index is 0.180. The van der Waals surface area contributed by atoms with Gasteiger partial charge in [0.1, 0.15) is 0 Å². The average molecular weight is 298 g/mol. The Morgan fingerprint density at radius 3 is 2.30 bits per heavy atom. The van der Waals surface area contributed by atoms with Crippen molar-refractivity contribution in [2.75, 3.05) is 13.1 Å². The van der Waals surface area contributed by atoms with Gasteiger partial charge >= 0.3 is 0 Å². The molecule has 0 saturated heterocycles. The number of sulfonamides is 1. The van der Waals surface area contributed by atoms with Crippen LogP contribution in [-0.2, 0) is 10.0 Å². The lowest BCUT2D eigenvalue weighted by Gasteiger charge is -2.26. The third kappa shape index (κ3) is 4.04. The molecule has 1 rings (SSSR count). The molecule has 5 heteroatoms. The van der Waals surface area contributed by atoms with Gasteiger partial charge in [-0.05, 0) is 31.5 Å². The fourth-order valence-electron chi connectivity index (χ4n) is 2.61. The largest absolute Gasteiger partial charge is 0.314 e. The Hall–Kier alpha value is -0.910. The Bertz CT molecular complexity index is 514. The third-order valence-corrected chi connectivity index (χ3v) is 5.13. The van der Waals surface area contributed by atoms with Crippen molar-refractivity contribution in [3.8, 4) is 0 Å². The fourth-order valence-corrected chi connectivity index (χ4v) is 3.93. The van der Waals surface area contributed by atoms with Gasteiger partial charge in [0.25, 0.3) is 0 Å². The first-order chi connectivity index (χ1) is 9.47. The number of nitrogens with one attached hydrogen (secondary N) is 2. The van der Waals surface area contributed by atoms with Gasteiger partial charge in [0.15, 0.2) is 0 Å². The van der Waals surface area contributed by atoms with Gasteiger partial charge in [-0.25, -0.2) is 13.1 Å². The van der Waals surface area contributed by atoms with E-state index in [2.05, 4.69) is 30.8 Å². The van der Waals surface area contributed by atoms with Crippen LogP contribution in [0.25, 0.3) is 0 Å². The summed E-state index contributed by atoms with van der Waals surface area (Å²) >= 11 is 0. The molecule has 0 bridgehead atoms. The molecule has 0 aliphatic carbocycles. The summed E-state index contributed by atoms with van der Waals surface area (Å²) in [5.41, 5.74) is 0.893. The summed E-state index contributed by atoms with van der Waals surface area (Å²) in [6.45, 7) is 9.32. The van der Waals surface area contributed by atoms with Crippen molar-refractivity contribution in [2.24, 2.45) is 0 Å². The van der Waals surface area contributed by atoms with Crippen LogP contribution in [0.3, 0.4) is 0 Å². The molecule has 0 spiro atoms. The maximum Gasteiger partial charge on any atom is 0.240 e. The third-order valence-electron chi connectivity index (χ3n) is 3.51. The first kappa shape index (κ1) is 17.1. The summed E-state index contributed by atoms with van der Waals surface area (Å²) in [5, 5.41) is 3.39. The van der Waals surface area contributed by atoms with Crippen molar-refractivity contribution >= 4 is 10.0 Å². The molecule has 0 aliphatic rings. The number of hydrogen-bond donors (Lipinski definition) is 2. The first-order valence-corrected chi connectivity index (χ1v) is 8.78. The van der Waals surface area contributed by atoms with Crippen LogP contribution < -0.4 is 10.0 Å². The van der Waals surface area contributed by atoms with E-state index in [-0.39, 0.29) is 12.0 Å². The molecule has 1 aromatic rings. The molecular formula is C15H26N2O2S. The Balaban J connectivity index is 3.24. The number of benzene rings is 1. The molecule has 0 fully saturated rings. The molecule has 20 heavy (non-hydrogen) atoms. The second-order valence-electron chi connectivity index (χ2n) is 4.90. The van der Waals surface area contributed by atoms with Gasteiger partial charge in [-0.2, -0.15) is 0 Å². The van der Waals surface area contributed by atoms with E-state index in [1.54, 1.807) is 19.1 Å². The quantitative estimate of drug-likeness (QED) is 0.775. The molecule has 4 nitrogen and oxygen atoms in total. The highest BCUT2D eigenvalue weighted by molar-refractivity contribution is 7.89. The van der Waals surface area contributed by atoms with Crippen molar-refractivity contribution in [3.05, 3.63) is 29.8 Å². The molecule has 0 radical (unpaired) electrons. The minimum Gasteiger partial charge on any atom is -0.314 e. The van der Waals surface area contributed by atoms with E-state index in [1.807, 2.05) is 12.1 Å². The summed E-state index contributed by atoms with van der Waals surface area (Å²) in [4.78, 5) is 0.401. The zero-order chi connectivity index (χ0) is 15.2. The highest BCUT2D eigenvalue weighted by Crippen LogP contribution is 2.29. The van der Waals surface area contributed by atoms with E-state index < -0.39 is 10.0 Å². The second-order valence-corrected chi connectivity index (χ2v) is 6.64. The SMILES string of the molecule is CCNC(C)C(CC)c1ccccc1S(=O)(=O)NCC. The molecule has 0 heterocycles. The highest BCUT2D eigenvalue weighted by atomic mass is 32.2. The van der Waals surface area contributed by atoms with Crippen LogP contribution in [0.1, 0.15) is 45.6 Å². The predicted octanol–water partition coefficient (Wildman–Crippen LogP) is 2.48. The smallest absolute Gasteiger partial charge is 0.240 e. The number of hydrogen-bond acceptors (Lipinski definition) is 3. The molecule has 2 atom stereocenters. The minimum atomic E-state index is -3.42. The predicted molar refractivity (Wildman–Crippen MR) is 83.5 cm³/mol. The lowest BCUT2D eigenvalue weighted by molar-refractivity contribution is 0.454. The van der Waals surface area contributed by atoms with Gasteiger partial charge in [-0.15, -0.1) is 0 Å². The normalized spacial score (nSPS) is 15.0. The molecule has 2 N–H and O–H groups in total. The van der Waals surface area contributed by atoms with Crippen LogP contribution in [0.2, 0.25) is 0 Å². The number of likely N-dealkylation sites (N-methyl/N-ethyl adjacent to an activating group) is 1. The van der Waals surface area contributed by atoms with Crippen LogP contribution in [0.15, 0.2) is 29.2 Å². The van der Waals surface area contributed by atoms with E-state index in [4.69, 9.17) is 0 Å². The Labute approximate surface area is 123 Å². The number of rotatable bonds is 8. The molecule has 2 unspecified atom stereocenters. The Kier molecular flexibility index (Phi) is 6.65. The van der Waals surface area contributed by atoms with Crippen molar-refractivity contribution in [3.63, 3.8) is 0 Å². The second kappa shape index (κ2) is 7.76. The molecule has 0 amide bonds. The van der Waals surface area contributed by atoms with E-state index >= 15 is 0 Å². The van der Waals surface area contributed by atoms with Gasteiger partial charge in [0.05, 0.1) is 4.90 Å². The zero-order valence-electron chi connectivity index (χ0n) is 12.8. The van der Waals surface area contributed by atoms with Crippen LogP contribution >= 0.6 is 0 Å². The monoisotopic (exact) mass is 298 g/mol. The van der Waals surface area contributed by atoms with Crippen LogP contribution in [0.5, 0.6) is 0 Å². The topological polar surface area (TPSA) is 58.2 Å². The van der Waals surface area contributed by atoms with Crippen LogP contribution in [-0.4, -0.2) is 27.5 Å². The lowest BCUT2D eigenvalue weighted by Crippen LogP contribution is -2.33. The Morgan fingerprint density at radius 1 is 1.10 bits per heavy atom. The van der Waals surface area contributed by atoms with Crippen LogP contribution in [0, 0.1) is 0 Å². The van der Waals surface area contributed by atoms with Gasteiger partial charge in [0, 0.05) is 18.5 Å². The molecule has 0 aliphatic heterocycles. The zero-order valence-corrected chi connectivity index (χ0v) is 13.6. The summed E-state index contributed by atoms with van der Waals surface area (Å²) < 4.78 is 27.2. The summed E-state index contributed by atoms with van der Waals surface area (Å²) in [6.07, 6.45) is 0.896. The van der Waals surface area contributed by atoms with Gasteiger partial charge in [-0.3, -0.25) is 0 Å². The van der Waals surface area contributed by atoms with Crippen molar-refractivity contribution < 1.29 is 8.42 Å². The molecule has 1 aromatic carbocycles. The Morgan fingerprint density at radius 2 is 1.75 bits per heavy atom. The molecular weight excluding hydrogens is 272 g/mol. The summed E-state index contributed by atoms with van der Waals surface area (Å²) in [7, 11) is -3.42. The fraction of sp³-hybridized carbons (Fsp3) is 0.600. The van der Waals surface area contributed by atoms with Crippen molar-refractivity contribution in [1.29, 1.82) is 0 Å². The van der Waals surface area contributed by atoms with Gasteiger partial charge < -0.3 is 5.32 Å². The summed E-state index contributed by atoms with van der Waals surface area (Å²) in [6, 6.07) is 7.53. The highest BCUT2D eigenvalue weighted by Gasteiger charge is 2.24. The summed E-state index contributed by atoms with van der Waals surface area (Å²) in [5.74, 6) is 0.180. The van der Waals surface area contributed by atoms with E-state index in [1.165, 1.54) is 0 Å². The maximum atomic E-state index is 12.3. The van der Waals surface area contributed by atoms with Crippen molar-refractivity contribution in [2.45, 2.75) is 51.0 Å². The molecule has 114 valence electrons. The lowest BCUT2D eigenvalue weighted by atomic mass is 9.90. The van der Waals surface area contributed by atoms with E-state index in [0.29, 0.717) is 11.4 Å². The average Bonchev–Trinajstić information content (AvgIpc) is 2.40. The first-order valence-electron chi connectivity index (χ1n) is 7.29. The van der Waals surface area contributed by atoms with Crippen molar-refractivity contribution in [1.82, 2.24) is 10.0 Å². The van der Waals surface area contributed by atoms with E-state index in [9.17, 15) is 8.42 Å². The van der Waals surface area contributed by atoms with Crippen LogP contribution in [0.4, 0.5) is 0 Å². The van der Waals surface area contributed by atoms with E-state index in [0.717, 1.165) is 18.5 Å². The maximum absolute atomic E-state index is 12.3. The van der Waals surface area contributed by atoms with Gasteiger partial charge in [0.2, 0.25) is 10.0 Å². The molecule has 0 aromatic heterocycles.